The molecule has 1 unspecified atom stereocenters. The molecular formula is C14H19N3O. The number of hydrogen-bond donors (Lipinski definition) is 1. The fourth-order valence-corrected chi connectivity index (χ4v) is 2.87. The van der Waals surface area contributed by atoms with E-state index in [0.29, 0.717) is 0 Å². The minimum absolute atomic E-state index is 0.273. The molecule has 0 amide bonds. The van der Waals surface area contributed by atoms with Crippen LogP contribution in [0.1, 0.15) is 41.5 Å². The zero-order chi connectivity index (χ0) is 12.7. The molecule has 1 N–H and O–H groups in total. The van der Waals surface area contributed by atoms with Crippen LogP contribution in [0.2, 0.25) is 0 Å². The van der Waals surface area contributed by atoms with Gasteiger partial charge in [0.05, 0.1) is 18.3 Å². The van der Waals surface area contributed by atoms with E-state index >= 15 is 0 Å². The topological polar surface area (TPSA) is 43.0 Å². The lowest BCUT2D eigenvalue weighted by Gasteiger charge is -2.20. The standard InChI is InChI=1S/C14H19N3O/c1-10-11(8-16(2)15-10)9-17-7-6-12-13(17)4-3-5-14(12)18/h6-8,14,18H,3-5,9H2,1-2H3. The van der Waals surface area contributed by atoms with Crippen molar-refractivity contribution in [2.45, 2.75) is 38.8 Å². The number of aromatic nitrogens is 3. The molecule has 96 valence electrons. The zero-order valence-electron chi connectivity index (χ0n) is 10.9. The van der Waals surface area contributed by atoms with E-state index in [9.17, 15) is 5.11 Å². The van der Waals surface area contributed by atoms with Gasteiger partial charge in [0.25, 0.3) is 0 Å². The van der Waals surface area contributed by atoms with Crippen molar-refractivity contribution in [3.05, 3.63) is 41.0 Å². The summed E-state index contributed by atoms with van der Waals surface area (Å²) in [4.78, 5) is 0. The van der Waals surface area contributed by atoms with Crippen LogP contribution in [0.5, 0.6) is 0 Å². The number of aliphatic hydroxyl groups is 1. The summed E-state index contributed by atoms with van der Waals surface area (Å²) in [7, 11) is 1.95. The maximum atomic E-state index is 9.97. The first kappa shape index (κ1) is 11.5. The largest absolute Gasteiger partial charge is 0.388 e. The number of rotatable bonds is 2. The maximum Gasteiger partial charge on any atom is 0.0807 e. The Morgan fingerprint density at radius 3 is 3.06 bits per heavy atom. The molecule has 0 saturated carbocycles. The molecule has 2 aromatic rings. The van der Waals surface area contributed by atoms with Crippen LogP contribution in [0.15, 0.2) is 18.5 Å². The highest BCUT2D eigenvalue weighted by atomic mass is 16.3. The van der Waals surface area contributed by atoms with Crippen LogP contribution in [0.4, 0.5) is 0 Å². The second-order valence-electron chi connectivity index (χ2n) is 5.17. The van der Waals surface area contributed by atoms with Gasteiger partial charge in [-0.3, -0.25) is 4.68 Å². The van der Waals surface area contributed by atoms with E-state index in [1.165, 1.54) is 11.3 Å². The molecule has 0 saturated heterocycles. The first-order valence-electron chi connectivity index (χ1n) is 6.50. The third-order valence-corrected chi connectivity index (χ3v) is 3.82. The Morgan fingerprint density at radius 1 is 1.50 bits per heavy atom. The number of hydrogen-bond acceptors (Lipinski definition) is 2. The van der Waals surface area contributed by atoms with Gasteiger partial charge in [-0.15, -0.1) is 0 Å². The molecule has 2 aromatic heterocycles. The molecule has 18 heavy (non-hydrogen) atoms. The van der Waals surface area contributed by atoms with Gasteiger partial charge >= 0.3 is 0 Å². The van der Waals surface area contributed by atoms with Crippen LogP contribution in [-0.2, 0) is 20.0 Å². The van der Waals surface area contributed by atoms with Crippen LogP contribution in [0.3, 0.4) is 0 Å². The average molecular weight is 245 g/mol. The first-order chi connectivity index (χ1) is 8.65. The summed E-state index contributed by atoms with van der Waals surface area (Å²) in [6, 6.07) is 2.06. The van der Waals surface area contributed by atoms with Crippen molar-refractivity contribution in [2.24, 2.45) is 7.05 Å². The molecular weight excluding hydrogens is 226 g/mol. The molecule has 0 aromatic carbocycles. The van der Waals surface area contributed by atoms with Crippen LogP contribution >= 0.6 is 0 Å². The molecule has 2 heterocycles. The Kier molecular flexibility index (Phi) is 2.74. The third kappa shape index (κ3) is 1.86. The summed E-state index contributed by atoms with van der Waals surface area (Å²) in [6.45, 7) is 2.89. The van der Waals surface area contributed by atoms with E-state index < -0.39 is 0 Å². The van der Waals surface area contributed by atoms with Gasteiger partial charge in [-0.25, -0.2) is 0 Å². The van der Waals surface area contributed by atoms with Crippen molar-refractivity contribution in [2.75, 3.05) is 0 Å². The summed E-state index contributed by atoms with van der Waals surface area (Å²) in [5, 5.41) is 14.3. The minimum atomic E-state index is -0.273. The summed E-state index contributed by atoms with van der Waals surface area (Å²) in [5.41, 5.74) is 4.73. The maximum absolute atomic E-state index is 9.97. The molecule has 4 heteroatoms. The molecule has 1 atom stereocenters. The normalized spacial score (nSPS) is 18.9. The molecule has 0 bridgehead atoms. The van der Waals surface area contributed by atoms with E-state index in [1.807, 2.05) is 18.7 Å². The van der Waals surface area contributed by atoms with E-state index in [2.05, 4.69) is 28.1 Å². The lowest BCUT2D eigenvalue weighted by Crippen LogP contribution is -2.12. The molecule has 0 radical (unpaired) electrons. The molecule has 4 nitrogen and oxygen atoms in total. The van der Waals surface area contributed by atoms with E-state index in [0.717, 1.165) is 37.1 Å². The van der Waals surface area contributed by atoms with Crippen LogP contribution in [0, 0.1) is 6.92 Å². The fraction of sp³-hybridized carbons (Fsp3) is 0.500. The highest BCUT2D eigenvalue weighted by molar-refractivity contribution is 5.29. The van der Waals surface area contributed by atoms with Crippen molar-refractivity contribution in [3.8, 4) is 0 Å². The SMILES string of the molecule is Cc1nn(C)cc1Cn1ccc2c1CCCC2O. The van der Waals surface area contributed by atoms with Crippen molar-refractivity contribution in [3.63, 3.8) is 0 Å². The lowest BCUT2D eigenvalue weighted by atomic mass is 9.95. The van der Waals surface area contributed by atoms with Gasteiger partial charge in [-0.2, -0.15) is 5.10 Å². The summed E-state index contributed by atoms with van der Waals surface area (Å²) in [6.07, 6.45) is 6.92. The molecule has 1 aliphatic carbocycles. The van der Waals surface area contributed by atoms with Crippen molar-refractivity contribution in [1.29, 1.82) is 0 Å². The van der Waals surface area contributed by atoms with Crippen molar-refractivity contribution >= 4 is 0 Å². The highest BCUT2D eigenvalue weighted by Gasteiger charge is 2.21. The Balaban J connectivity index is 1.92. The van der Waals surface area contributed by atoms with Gasteiger partial charge in [0.2, 0.25) is 0 Å². The average Bonchev–Trinajstić information content (AvgIpc) is 2.86. The van der Waals surface area contributed by atoms with Gasteiger partial charge in [-0.05, 0) is 32.3 Å². The predicted molar refractivity (Wildman–Crippen MR) is 69.4 cm³/mol. The molecule has 3 rings (SSSR count). The molecule has 1 aliphatic rings. The minimum Gasteiger partial charge on any atom is -0.388 e. The molecule has 0 fully saturated rings. The Morgan fingerprint density at radius 2 is 2.33 bits per heavy atom. The van der Waals surface area contributed by atoms with Crippen LogP contribution in [0.25, 0.3) is 0 Å². The van der Waals surface area contributed by atoms with Gasteiger partial charge in [-0.1, -0.05) is 0 Å². The number of nitrogens with zero attached hydrogens (tertiary/aromatic N) is 3. The fourth-order valence-electron chi connectivity index (χ4n) is 2.87. The van der Waals surface area contributed by atoms with Gasteiger partial charge in [0.15, 0.2) is 0 Å². The van der Waals surface area contributed by atoms with Gasteiger partial charge < -0.3 is 9.67 Å². The van der Waals surface area contributed by atoms with E-state index in [4.69, 9.17) is 0 Å². The Labute approximate surface area is 107 Å². The second kappa shape index (κ2) is 4.28. The summed E-state index contributed by atoms with van der Waals surface area (Å²) >= 11 is 0. The summed E-state index contributed by atoms with van der Waals surface area (Å²) in [5.74, 6) is 0. The number of aliphatic hydroxyl groups excluding tert-OH is 1. The predicted octanol–water partition coefficient (Wildman–Crippen LogP) is 1.95. The van der Waals surface area contributed by atoms with Crippen molar-refractivity contribution in [1.82, 2.24) is 14.3 Å². The van der Waals surface area contributed by atoms with Gasteiger partial charge in [0.1, 0.15) is 0 Å². The Hall–Kier alpha value is -1.55. The van der Waals surface area contributed by atoms with Crippen molar-refractivity contribution < 1.29 is 5.11 Å². The smallest absolute Gasteiger partial charge is 0.0807 e. The van der Waals surface area contributed by atoms with Crippen LogP contribution in [-0.4, -0.2) is 19.5 Å². The monoisotopic (exact) mass is 245 g/mol. The molecule has 0 spiro atoms. The zero-order valence-corrected chi connectivity index (χ0v) is 10.9. The highest BCUT2D eigenvalue weighted by Crippen LogP contribution is 2.30. The quantitative estimate of drug-likeness (QED) is 0.878. The first-order valence-corrected chi connectivity index (χ1v) is 6.50. The summed E-state index contributed by atoms with van der Waals surface area (Å²) < 4.78 is 4.11. The van der Waals surface area contributed by atoms with E-state index in [1.54, 1.807) is 0 Å². The van der Waals surface area contributed by atoms with Crippen LogP contribution < -0.4 is 0 Å². The molecule has 0 aliphatic heterocycles. The number of aryl methyl sites for hydroxylation is 2. The van der Waals surface area contributed by atoms with E-state index in [-0.39, 0.29) is 6.10 Å². The third-order valence-electron chi connectivity index (χ3n) is 3.82. The van der Waals surface area contributed by atoms with Gasteiger partial charge in [0, 0.05) is 36.3 Å². The number of fused-ring (bicyclic) bond motifs is 1. The Bertz CT molecular complexity index is 568. The second-order valence-corrected chi connectivity index (χ2v) is 5.17. The lowest BCUT2D eigenvalue weighted by molar-refractivity contribution is 0.156.